The molecule has 0 saturated carbocycles. The molecule has 24 heavy (non-hydrogen) atoms. The maximum Gasteiger partial charge on any atom is 0.241 e. The molecular weight excluding hydrogens is 483 g/mol. The molecule has 0 radical (unpaired) electrons. The average molecular weight is 511 g/mol. The van der Waals surface area contributed by atoms with E-state index < -0.39 is 0 Å². The van der Waals surface area contributed by atoms with Gasteiger partial charge in [-0.3, -0.25) is 4.79 Å². The maximum atomic E-state index is 11.7. The number of guanidine groups is 1. The summed E-state index contributed by atoms with van der Waals surface area (Å²) in [5.41, 5.74) is 1.13. The highest BCUT2D eigenvalue weighted by Crippen LogP contribution is 2.11. The third-order valence-corrected chi connectivity index (χ3v) is 3.84. The molecular formula is C17H28BrIN4O. The van der Waals surface area contributed by atoms with E-state index in [0.717, 1.165) is 23.0 Å². The normalized spacial score (nSPS) is 10.8. The Balaban J connectivity index is 0.00000529. The van der Waals surface area contributed by atoms with E-state index in [4.69, 9.17) is 0 Å². The summed E-state index contributed by atoms with van der Waals surface area (Å²) in [5.74, 6) is 0.705. The molecule has 1 rings (SSSR count). The van der Waals surface area contributed by atoms with Crippen LogP contribution in [0.25, 0.3) is 0 Å². The van der Waals surface area contributed by atoms with Gasteiger partial charge in [-0.25, -0.2) is 4.99 Å². The molecule has 0 aliphatic rings. The smallest absolute Gasteiger partial charge is 0.241 e. The number of unbranched alkanes of at least 4 members (excludes halogenated alkanes) is 2. The van der Waals surface area contributed by atoms with Gasteiger partial charge in [0.2, 0.25) is 5.91 Å². The number of nitrogens with one attached hydrogen (secondary N) is 2. The fourth-order valence-electron chi connectivity index (χ4n) is 1.83. The van der Waals surface area contributed by atoms with Crippen LogP contribution in [0.4, 0.5) is 0 Å². The summed E-state index contributed by atoms with van der Waals surface area (Å²) >= 11 is 3.43. The molecule has 0 spiro atoms. The molecule has 2 N–H and O–H groups in total. The Morgan fingerprint density at radius 1 is 1.17 bits per heavy atom. The van der Waals surface area contributed by atoms with Crippen LogP contribution in [0.1, 0.15) is 31.7 Å². The molecule has 0 heterocycles. The van der Waals surface area contributed by atoms with Crippen molar-refractivity contribution in [1.82, 2.24) is 15.5 Å². The molecule has 0 aliphatic carbocycles. The van der Waals surface area contributed by atoms with E-state index in [1.165, 1.54) is 12.8 Å². The van der Waals surface area contributed by atoms with Crippen LogP contribution in [-0.2, 0) is 11.3 Å². The van der Waals surface area contributed by atoms with Crippen molar-refractivity contribution < 1.29 is 4.79 Å². The van der Waals surface area contributed by atoms with Crippen molar-refractivity contribution in [3.8, 4) is 0 Å². The molecule has 0 fully saturated rings. The van der Waals surface area contributed by atoms with Gasteiger partial charge in [-0.15, -0.1) is 24.0 Å². The molecule has 1 amide bonds. The Bertz CT molecular complexity index is 506. The molecule has 1 aromatic rings. The summed E-state index contributed by atoms with van der Waals surface area (Å²) in [6.07, 6.45) is 3.46. The van der Waals surface area contributed by atoms with Gasteiger partial charge >= 0.3 is 0 Å². The molecule has 136 valence electrons. The van der Waals surface area contributed by atoms with Gasteiger partial charge in [-0.1, -0.05) is 47.8 Å². The molecule has 5 nitrogen and oxygen atoms in total. The number of carbonyl (C=O) groups is 1. The zero-order valence-corrected chi connectivity index (χ0v) is 18.6. The predicted octanol–water partition coefficient (Wildman–Crippen LogP) is 3.38. The van der Waals surface area contributed by atoms with Gasteiger partial charge in [0.25, 0.3) is 0 Å². The Morgan fingerprint density at radius 2 is 1.83 bits per heavy atom. The number of benzene rings is 1. The minimum Gasteiger partial charge on any atom is -0.356 e. The highest BCUT2D eigenvalue weighted by atomic mass is 127. The fraction of sp³-hybridized carbons (Fsp3) is 0.529. The van der Waals surface area contributed by atoms with Gasteiger partial charge in [-0.05, 0) is 24.1 Å². The van der Waals surface area contributed by atoms with E-state index in [-0.39, 0.29) is 36.4 Å². The van der Waals surface area contributed by atoms with Crippen LogP contribution in [0.15, 0.2) is 33.7 Å². The van der Waals surface area contributed by atoms with Crippen molar-refractivity contribution in [3.05, 3.63) is 34.3 Å². The van der Waals surface area contributed by atoms with E-state index >= 15 is 0 Å². The summed E-state index contributed by atoms with van der Waals surface area (Å²) in [4.78, 5) is 17.8. The van der Waals surface area contributed by atoms with E-state index in [1.54, 1.807) is 19.0 Å². The summed E-state index contributed by atoms with van der Waals surface area (Å²) < 4.78 is 1.05. The number of carbonyl (C=O) groups excluding carboxylic acids is 1. The van der Waals surface area contributed by atoms with Gasteiger partial charge < -0.3 is 15.5 Å². The second kappa shape index (κ2) is 13.5. The van der Waals surface area contributed by atoms with Crippen LogP contribution in [0.3, 0.4) is 0 Å². The lowest BCUT2D eigenvalue weighted by Gasteiger charge is -2.15. The largest absolute Gasteiger partial charge is 0.356 e. The highest BCUT2D eigenvalue weighted by Gasteiger charge is 2.05. The summed E-state index contributed by atoms with van der Waals surface area (Å²) in [6.45, 7) is 3.85. The summed E-state index contributed by atoms with van der Waals surface area (Å²) in [7, 11) is 3.49. The Hall–Kier alpha value is -0.830. The quantitative estimate of drug-likeness (QED) is 0.244. The lowest BCUT2D eigenvalue weighted by atomic mass is 10.2. The monoisotopic (exact) mass is 510 g/mol. The fourth-order valence-corrected chi connectivity index (χ4v) is 2.10. The standard InChI is InChI=1S/C17H27BrN4O.HI/c1-4-5-6-11-19-17(21-13-16(23)22(2)3)20-12-14-7-9-15(18)10-8-14;/h7-10H,4-6,11-13H2,1-3H3,(H2,19,20,21);1H. The number of hydrogen-bond donors (Lipinski definition) is 2. The van der Waals surface area contributed by atoms with Gasteiger partial charge in [0.05, 0.1) is 13.1 Å². The van der Waals surface area contributed by atoms with Crippen LogP contribution < -0.4 is 10.6 Å². The van der Waals surface area contributed by atoms with Crippen LogP contribution >= 0.6 is 39.9 Å². The zero-order chi connectivity index (χ0) is 17.1. The molecule has 7 heteroatoms. The van der Waals surface area contributed by atoms with E-state index in [2.05, 4.69) is 38.5 Å². The van der Waals surface area contributed by atoms with Gasteiger partial charge in [-0.2, -0.15) is 0 Å². The molecule has 0 bridgehead atoms. The SMILES string of the molecule is CCCCCNC(=NCc1ccc(Br)cc1)NCC(=O)N(C)C.I. The van der Waals surface area contributed by atoms with Crippen molar-refractivity contribution in [2.75, 3.05) is 27.2 Å². The first-order valence-corrected chi connectivity index (χ1v) is 8.79. The van der Waals surface area contributed by atoms with Crippen LogP contribution in [0, 0.1) is 0 Å². The number of aliphatic imine (C=N–C) groups is 1. The summed E-state index contributed by atoms with van der Waals surface area (Å²) in [5, 5.41) is 6.39. The van der Waals surface area contributed by atoms with E-state index in [9.17, 15) is 4.79 Å². The second-order valence-electron chi connectivity index (χ2n) is 5.57. The third-order valence-electron chi connectivity index (χ3n) is 3.31. The topological polar surface area (TPSA) is 56.7 Å². The van der Waals surface area contributed by atoms with Crippen molar-refractivity contribution in [2.45, 2.75) is 32.7 Å². The van der Waals surface area contributed by atoms with E-state index in [1.807, 2.05) is 24.3 Å². The van der Waals surface area contributed by atoms with E-state index in [0.29, 0.717) is 12.5 Å². The number of halogens is 2. The second-order valence-corrected chi connectivity index (χ2v) is 6.48. The zero-order valence-electron chi connectivity index (χ0n) is 14.6. The predicted molar refractivity (Wildman–Crippen MR) is 115 cm³/mol. The number of amides is 1. The van der Waals surface area contributed by atoms with Crippen molar-refractivity contribution in [1.29, 1.82) is 0 Å². The van der Waals surface area contributed by atoms with Gasteiger partial charge in [0.15, 0.2) is 5.96 Å². The number of nitrogens with zero attached hydrogens (tertiary/aromatic N) is 2. The molecule has 0 unspecified atom stereocenters. The van der Waals surface area contributed by atoms with Crippen LogP contribution in [-0.4, -0.2) is 44.0 Å². The lowest BCUT2D eigenvalue weighted by molar-refractivity contribution is -0.127. The minimum absolute atomic E-state index is 0. The van der Waals surface area contributed by atoms with Crippen LogP contribution in [0.2, 0.25) is 0 Å². The molecule has 0 atom stereocenters. The Kier molecular flexibility index (Phi) is 13.0. The van der Waals surface area contributed by atoms with Crippen molar-refractivity contribution in [3.63, 3.8) is 0 Å². The van der Waals surface area contributed by atoms with Crippen LogP contribution in [0.5, 0.6) is 0 Å². The molecule has 0 aromatic heterocycles. The molecule has 1 aromatic carbocycles. The third kappa shape index (κ3) is 10.1. The number of likely N-dealkylation sites (N-methyl/N-ethyl adjacent to an activating group) is 1. The van der Waals surface area contributed by atoms with Crippen molar-refractivity contribution >= 4 is 51.8 Å². The Morgan fingerprint density at radius 3 is 2.42 bits per heavy atom. The Labute approximate surface area is 170 Å². The number of hydrogen-bond acceptors (Lipinski definition) is 2. The number of rotatable bonds is 8. The van der Waals surface area contributed by atoms with Crippen molar-refractivity contribution in [2.24, 2.45) is 4.99 Å². The first-order valence-electron chi connectivity index (χ1n) is 7.99. The minimum atomic E-state index is 0. The first kappa shape index (κ1) is 23.2. The van der Waals surface area contributed by atoms with Gasteiger partial charge in [0.1, 0.15) is 0 Å². The van der Waals surface area contributed by atoms with Gasteiger partial charge in [0, 0.05) is 25.1 Å². The lowest BCUT2D eigenvalue weighted by Crippen LogP contribution is -2.43. The average Bonchev–Trinajstić information content (AvgIpc) is 2.54. The first-order chi connectivity index (χ1) is 11.0. The maximum absolute atomic E-state index is 11.7. The summed E-state index contributed by atoms with van der Waals surface area (Å²) in [6, 6.07) is 8.07. The highest BCUT2D eigenvalue weighted by molar-refractivity contribution is 14.0. The molecule has 0 saturated heterocycles. The molecule has 0 aliphatic heterocycles.